The first-order chi connectivity index (χ1) is 9.06. The predicted octanol–water partition coefficient (Wildman–Crippen LogP) is 0.537. The van der Waals surface area contributed by atoms with Crippen LogP contribution in [0.5, 0.6) is 17.2 Å². The van der Waals surface area contributed by atoms with Gasteiger partial charge in [-0.15, -0.1) is 5.10 Å². The molecule has 2 aromatic rings. The van der Waals surface area contributed by atoms with Crippen LogP contribution in [0.1, 0.15) is 0 Å². The fraction of sp³-hybridized carbons (Fsp3) is 0.167. The van der Waals surface area contributed by atoms with Crippen molar-refractivity contribution in [3.8, 4) is 22.9 Å². The molecular weight excluding hydrogens is 250 g/mol. The van der Waals surface area contributed by atoms with E-state index in [4.69, 9.17) is 15.2 Å². The zero-order chi connectivity index (χ0) is 14.0. The molecule has 0 amide bonds. The summed E-state index contributed by atoms with van der Waals surface area (Å²) >= 11 is 0. The van der Waals surface area contributed by atoms with Crippen molar-refractivity contribution in [1.82, 2.24) is 9.78 Å². The molecule has 0 aliphatic rings. The normalized spacial score (nSPS) is 10.2. The molecule has 7 heteroatoms. The quantitative estimate of drug-likeness (QED) is 0.838. The van der Waals surface area contributed by atoms with Gasteiger partial charge in [-0.25, -0.2) is 0 Å². The molecule has 19 heavy (non-hydrogen) atoms. The minimum absolute atomic E-state index is 0.149. The molecule has 2 rings (SSSR count). The average molecular weight is 263 g/mol. The molecule has 0 aliphatic heterocycles. The van der Waals surface area contributed by atoms with E-state index < -0.39 is 5.56 Å². The molecule has 0 unspecified atom stereocenters. The van der Waals surface area contributed by atoms with Gasteiger partial charge in [0.15, 0.2) is 11.6 Å². The van der Waals surface area contributed by atoms with Gasteiger partial charge in [-0.2, -0.15) is 4.68 Å². The summed E-state index contributed by atoms with van der Waals surface area (Å²) in [7, 11) is 2.98. The van der Waals surface area contributed by atoms with Crippen molar-refractivity contribution < 1.29 is 14.6 Å². The number of aromatic nitrogens is 2. The molecule has 1 aromatic heterocycles. The summed E-state index contributed by atoms with van der Waals surface area (Å²) in [4.78, 5) is 11.8. The van der Waals surface area contributed by atoms with E-state index in [1.807, 2.05) is 0 Å². The third-order valence-corrected chi connectivity index (χ3v) is 2.55. The summed E-state index contributed by atoms with van der Waals surface area (Å²) in [5.41, 5.74) is 5.34. The predicted molar refractivity (Wildman–Crippen MR) is 69.0 cm³/mol. The second kappa shape index (κ2) is 4.89. The molecule has 0 bridgehead atoms. The highest BCUT2D eigenvalue weighted by atomic mass is 16.5. The lowest BCUT2D eigenvalue weighted by atomic mass is 10.2. The lowest BCUT2D eigenvalue weighted by molar-refractivity contribution is 0.400. The Hall–Kier alpha value is -2.70. The number of ether oxygens (including phenoxy) is 2. The van der Waals surface area contributed by atoms with Gasteiger partial charge in [0.25, 0.3) is 5.56 Å². The van der Waals surface area contributed by atoms with Crippen LogP contribution in [-0.2, 0) is 0 Å². The number of rotatable bonds is 3. The molecule has 0 saturated carbocycles. The van der Waals surface area contributed by atoms with Crippen molar-refractivity contribution in [3.05, 3.63) is 34.6 Å². The van der Waals surface area contributed by atoms with Gasteiger partial charge >= 0.3 is 0 Å². The fourth-order valence-electron chi connectivity index (χ4n) is 1.60. The maximum atomic E-state index is 11.8. The van der Waals surface area contributed by atoms with Crippen LogP contribution in [0.4, 0.5) is 5.82 Å². The Bertz CT molecular complexity index is 667. The summed E-state index contributed by atoms with van der Waals surface area (Å²) in [6.07, 6.45) is 0. The zero-order valence-electron chi connectivity index (χ0n) is 10.5. The van der Waals surface area contributed by atoms with Crippen LogP contribution in [0.15, 0.2) is 29.1 Å². The SMILES string of the molecule is COc1ccc(OC)c(-n2nc(N)c(O)cc2=O)c1. The number of methoxy groups -OCH3 is 2. The Morgan fingerprint density at radius 1 is 1.26 bits per heavy atom. The van der Waals surface area contributed by atoms with E-state index in [0.29, 0.717) is 17.2 Å². The smallest absolute Gasteiger partial charge is 0.275 e. The van der Waals surface area contributed by atoms with E-state index in [-0.39, 0.29) is 11.6 Å². The lowest BCUT2D eigenvalue weighted by Gasteiger charge is -2.12. The molecule has 0 fully saturated rings. The fourth-order valence-corrected chi connectivity index (χ4v) is 1.60. The number of nitrogens with two attached hydrogens (primary N) is 1. The van der Waals surface area contributed by atoms with Gasteiger partial charge in [-0.1, -0.05) is 0 Å². The molecule has 0 radical (unpaired) electrons. The van der Waals surface area contributed by atoms with Crippen molar-refractivity contribution >= 4 is 5.82 Å². The molecule has 0 saturated heterocycles. The standard InChI is InChI=1S/C12H13N3O4/c1-18-7-3-4-10(19-2)8(5-7)15-11(17)6-9(16)12(13)14-15/h3-6,16H,1-2H3,(H2,13,14). The minimum atomic E-state index is -0.529. The molecule has 100 valence electrons. The maximum absolute atomic E-state index is 11.8. The van der Waals surface area contributed by atoms with Crippen LogP contribution in [0.25, 0.3) is 5.69 Å². The molecule has 0 spiro atoms. The molecule has 0 aliphatic carbocycles. The van der Waals surface area contributed by atoms with E-state index >= 15 is 0 Å². The summed E-state index contributed by atoms with van der Waals surface area (Å²) < 4.78 is 11.3. The number of nitrogen functional groups attached to an aromatic ring is 1. The van der Waals surface area contributed by atoms with E-state index in [9.17, 15) is 9.90 Å². The molecule has 0 atom stereocenters. The van der Waals surface area contributed by atoms with Crippen LogP contribution in [-0.4, -0.2) is 29.1 Å². The second-order valence-electron chi connectivity index (χ2n) is 3.70. The number of nitrogens with zero attached hydrogens (tertiary/aromatic N) is 2. The number of aromatic hydroxyl groups is 1. The Kier molecular flexibility index (Phi) is 3.28. The summed E-state index contributed by atoms with van der Waals surface area (Å²) in [6.45, 7) is 0. The highest BCUT2D eigenvalue weighted by Crippen LogP contribution is 2.26. The van der Waals surface area contributed by atoms with Crippen LogP contribution in [0, 0.1) is 0 Å². The highest BCUT2D eigenvalue weighted by Gasteiger charge is 2.12. The van der Waals surface area contributed by atoms with Crippen molar-refractivity contribution in [2.45, 2.75) is 0 Å². The van der Waals surface area contributed by atoms with E-state index in [1.54, 1.807) is 18.2 Å². The summed E-state index contributed by atoms with van der Waals surface area (Å²) in [5, 5.41) is 13.2. The van der Waals surface area contributed by atoms with Crippen LogP contribution < -0.4 is 20.8 Å². The van der Waals surface area contributed by atoms with Crippen molar-refractivity contribution in [1.29, 1.82) is 0 Å². The van der Waals surface area contributed by atoms with Gasteiger partial charge in [-0.05, 0) is 12.1 Å². The van der Waals surface area contributed by atoms with Crippen LogP contribution >= 0.6 is 0 Å². The lowest BCUT2D eigenvalue weighted by Crippen LogP contribution is -2.21. The van der Waals surface area contributed by atoms with Crippen LogP contribution in [0.2, 0.25) is 0 Å². The summed E-state index contributed by atoms with van der Waals surface area (Å²) in [5.74, 6) is 0.462. The average Bonchev–Trinajstić information content (AvgIpc) is 2.42. The number of hydrogen-bond acceptors (Lipinski definition) is 6. The molecule has 1 aromatic carbocycles. The highest BCUT2D eigenvalue weighted by molar-refractivity contribution is 5.52. The first-order valence-corrected chi connectivity index (χ1v) is 5.38. The molecular formula is C12H13N3O4. The molecule has 3 N–H and O–H groups in total. The Morgan fingerprint density at radius 2 is 2.00 bits per heavy atom. The van der Waals surface area contributed by atoms with Crippen molar-refractivity contribution in [2.75, 3.05) is 20.0 Å². The number of hydrogen-bond donors (Lipinski definition) is 2. The monoisotopic (exact) mass is 263 g/mol. The Labute approximate surface area is 108 Å². The van der Waals surface area contributed by atoms with Crippen LogP contribution in [0.3, 0.4) is 0 Å². The maximum Gasteiger partial charge on any atom is 0.275 e. The van der Waals surface area contributed by atoms with Crippen molar-refractivity contribution in [2.24, 2.45) is 0 Å². The minimum Gasteiger partial charge on any atom is -0.504 e. The van der Waals surface area contributed by atoms with Gasteiger partial charge in [0.05, 0.1) is 20.3 Å². The van der Waals surface area contributed by atoms with Gasteiger partial charge in [0, 0.05) is 6.07 Å². The van der Waals surface area contributed by atoms with E-state index in [2.05, 4.69) is 5.10 Å². The van der Waals surface area contributed by atoms with E-state index in [0.717, 1.165) is 10.7 Å². The molecule has 1 heterocycles. The van der Waals surface area contributed by atoms with Gasteiger partial charge in [0.1, 0.15) is 17.2 Å². The largest absolute Gasteiger partial charge is 0.504 e. The van der Waals surface area contributed by atoms with E-state index in [1.165, 1.54) is 14.2 Å². The number of anilines is 1. The first-order valence-electron chi connectivity index (χ1n) is 5.38. The van der Waals surface area contributed by atoms with Crippen molar-refractivity contribution in [3.63, 3.8) is 0 Å². The third-order valence-electron chi connectivity index (χ3n) is 2.55. The number of benzene rings is 1. The van der Waals surface area contributed by atoms with Gasteiger partial charge < -0.3 is 20.3 Å². The Morgan fingerprint density at radius 3 is 2.63 bits per heavy atom. The first kappa shape index (κ1) is 12.7. The van der Waals surface area contributed by atoms with Gasteiger partial charge in [0.2, 0.25) is 0 Å². The topological polar surface area (TPSA) is 99.6 Å². The molecule has 7 nitrogen and oxygen atoms in total. The third kappa shape index (κ3) is 2.30. The Balaban J connectivity index is 2.70. The summed E-state index contributed by atoms with van der Waals surface area (Å²) in [6, 6.07) is 5.91. The zero-order valence-corrected chi connectivity index (χ0v) is 10.5. The second-order valence-corrected chi connectivity index (χ2v) is 3.70. The van der Waals surface area contributed by atoms with Gasteiger partial charge in [-0.3, -0.25) is 4.79 Å².